The van der Waals surface area contributed by atoms with E-state index in [9.17, 15) is 4.39 Å². The minimum Gasteiger partial charge on any atom is -0.383 e. The molecule has 1 rings (SSSR count). The van der Waals surface area contributed by atoms with Crippen LogP contribution in [0.3, 0.4) is 0 Å². The molecule has 1 aromatic carbocycles. The second-order valence-corrected chi connectivity index (χ2v) is 4.38. The molecule has 0 aliphatic carbocycles. The van der Waals surface area contributed by atoms with Crippen LogP contribution in [0.5, 0.6) is 0 Å². The van der Waals surface area contributed by atoms with Crippen LogP contribution >= 0.6 is 0 Å². The lowest BCUT2D eigenvalue weighted by Crippen LogP contribution is -2.35. The monoisotopic (exact) mass is 239 g/mol. The molecule has 0 radical (unpaired) electrons. The van der Waals surface area contributed by atoms with Gasteiger partial charge in [0.05, 0.1) is 6.61 Å². The lowest BCUT2D eigenvalue weighted by atomic mass is 10.1. The Balaban J connectivity index is 2.56. The lowest BCUT2D eigenvalue weighted by Gasteiger charge is -2.22. The Kier molecular flexibility index (Phi) is 6.16. The van der Waals surface area contributed by atoms with Gasteiger partial charge in [-0.2, -0.15) is 0 Å². The maximum Gasteiger partial charge on any atom is 0.123 e. The van der Waals surface area contributed by atoms with Crippen molar-refractivity contribution in [2.24, 2.45) is 0 Å². The molecule has 2 atom stereocenters. The summed E-state index contributed by atoms with van der Waals surface area (Å²) in [6.45, 7) is 4.96. The molecule has 0 spiro atoms. The maximum absolute atomic E-state index is 12.8. The molecule has 1 aromatic rings. The third kappa shape index (κ3) is 4.84. The summed E-state index contributed by atoms with van der Waals surface area (Å²) in [5, 5.41) is 3.51. The van der Waals surface area contributed by atoms with Gasteiger partial charge < -0.3 is 10.1 Å². The van der Waals surface area contributed by atoms with Gasteiger partial charge in [0.25, 0.3) is 0 Å². The first kappa shape index (κ1) is 14.1. The van der Waals surface area contributed by atoms with Crippen LogP contribution in [0.2, 0.25) is 0 Å². The number of halogens is 1. The number of rotatable bonds is 7. The van der Waals surface area contributed by atoms with Gasteiger partial charge in [-0.05, 0) is 31.0 Å². The maximum atomic E-state index is 12.8. The number of hydrogen-bond donors (Lipinski definition) is 1. The highest BCUT2D eigenvalue weighted by Crippen LogP contribution is 2.14. The summed E-state index contributed by atoms with van der Waals surface area (Å²) in [6.07, 6.45) is 2.20. The Morgan fingerprint density at radius 2 is 1.94 bits per heavy atom. The van der Waals surface area contributed by atoms with E-state index in [1.54, 1.807) is 7.11 Å². The van der Waals surface area contributed by atoms with Crippen molar-refractivity contribution in [1.29, 1.82) is 0 Å². The molecule has 3 heteroatoms. The fourth-order valence-electron chi connectivity index (χ4n) is 1.97. The van der Waals surface area contributed by atoms with E-state index in [1.807, 2.05) is 12.1 Å². The minimum atomic E-state index is -0.192. The van der Waals surface area contributed by atoms with Crippen LogP contribution < -0.4 is 5.32 Å². The average Bonchev–Trinajstić information content (AvgIpc) is 2.30. The van der Waals surface area contributed by atoms with Crippen molar-refractivity contribution in [2.75, 3.05) is 13.7 Å². The Morgan fingerprint density at radius 3 is 2.47 bits per heavy atom. The Morgan fingerprint density at radius 1 is 1.29 bits per heavy atom. The quantitative estimate of drug-likeness (QED) is 0.788. The topological polar surface area (TPSA) is 21.3 Å². The van der Waals surface area contributed by atoms with Crippen LogP contribution in [-0.4, -0.2) is 19.8 Å². The zero-order valence-corrected chi connectivity index (χ0v) is 10.9. The van der Waals surface area contributed by atoms with Crippen LogP contribution in [0.15, 0.2) is 24.3 Å². The van der Waals surface area contributed by atoms with E-state index in [0.29, 0.717) is 12.6 Å². The fraction of sp³-hybridized carbons (Fsp3) is 0.571. The number of methoxy groups -OCH3 is 1. The van der Waals surface area contributed by atoms with E-state index in [0.717, 1.165) is 18.4 Å². The summed E-state index contributed by atoms with van der Waals surface area (Å²) in [6, 6.07) is 7.20. The molecular weight excluding hydrogens is 217 g/mol. The Labute approximate surface area is 103 Å². The minimum absolute atomic E-state index is 0.192. The van der Waals surface area contributed by atoms with Gasteiger partial charge in [-0.15, -0.1) is 0 Å². The third-order valence-corrected chi connectivity index (χ3v) is 2.86. The molecule has 0 saturated heterocycles. The zero-order chi connectivity index (χ0) is 12.7. The second-order valence-electron chi connectivity index (χ2n) is 4.38. The molecule has 0 heterocycles. The van der Waals surface area contributed by atoms with Crippen LogP contribution in [0.25, 0.3) is 0 Å². The second kappa shape index (κ2) is 7.41. The van der Waals surface area contributed by atoms with Gasteiger partial charge in [-0.1, -0.05) is 25.5 Å². The molecule has 96 valence electrons. The van der Waals surface area contributed by atoms with E-state index in [1.165, 1.54) is 12.1 Å². The van der Waals surface area contributed by atoms with Gasteiger partial charge in [-0.25, -0.2) is 4.39 Å². The van der Waals surface area contributed by atoms with Gasteiger partial charge >= 0.3 is 0 Å². The van der Waals surface area contributed by atoms with Crippen molar-refractivity contribution < 1.29 is 9.13 Å². The smallest absolute Gasteiger partial charge is 0.123 e. The van der Waals surface area contributed by atoms with Crippen LogP contribution in [-0.2, 0) is 4.74 Å². The zero-order valence-electron chi connectivity index (χ0n) is 10.9. The molecule has 17 heavy (non-hydrogen) atoms. The van der Waals surface area contributed by atoms with Crippen LogP contribution in [0.4, 0.5) is 4.39 Å². The van der Waals surface area contributed by atoms with Crippen LogP contribution in [0, 0.1) is 5.82 Å². The summed E-state index contributed by atoms with van der Waals surface area (Å²) >= 11 is 0. The SMILES string of the molecule is CCCC(COC)NC(C)c1ccc(F)cc1. The number of benzene rings is 1. The van der Waals surface area contributed by atoms with Crippen LogP contribution in [0.1, 0.15) is 38.3 Å². The summed E-state index contributed by atoms with van der Waals surface area (Å²) in [5.41, 5.74) is 1.10. The molecule has 0 saturated carbocycles. The first-order chi connectivity index (χ1) is 8.17. The summed E-state index contributed by atoms with van der Waals surface area (Å²) < 4.78 is 18.0. The van der Waals surface area contributed by atoms with Crippen molar-refractivity contribution in [3.05, 3.63) is 35.6 Å². The van der Waals surface area contributed by atoms with E-state index in [4.69, 9.17) is 4.74 Å². The summed E-state index contributed by atoms with van der Waals surface area (Å²) in [4.78, 5) is 0. The van der Waals surface area contributed by atoms with Gasteiger partial charge in [0.1, 0.15) is 5.82 Å². The van der Waals surface area contributed by atoms with Crippen molar-refractivity contribution >= 4 is 0 Å². The van der Waals surface area contributed by atoms with Gasteiger partial charge in [0.15, 0.2) is 0 Å². The van der Waals surface area contributed by atoms with E-state index in [-0.39, 0.29) is 11.9 Å². The molecule has 0 fully saturated rings. The third-order valence-electron chi connectivity index (χ3n) is 2.86. The van der Waals surface area contributed by atoms with Gasteiger partial charge in [0.2, 0.25) is 0 Å². The highest BCUT2D eigenvalue weighted by atomic mass is 19.1. The molecule has 0 aliphatic heterocycles. The predicted molar refractivity (Wildman–Crippen MR) is 68.5 cm³/mol. The Bertz CT molecular complexity index is 307. The standard InChI is InChI=1S/C14H22FNO/c1-4-5-14(10-17-3)16-11(2)12-6-8-13(15)9-7-12/h6-9,11,14,16H,4-5,10H2,1-3H3. The van der Waals surface area contributed by atoms with Gasteiger partial charge in [0, 0.05) is 19.2 Å². The number of hydrogen-bond acceptors (Lipinski definition) is 2. The van der Waals surface area contributed by atoms with Gasteiger partial charge in [-0.3, -0.25) is 0 Å². The number of nitrogens with one attached hydrogen (secondary N) is 1. The largest absolute Gasteiger partial charge is 0.383 e. The lowest BCUT2D eigenvalue weighted by molar-refractivity contribution is 0.157. The predicted octanol–water partition coefficient (Wildman–Crippen LogP) is 3.29. The molecule has 2 unspecified atom stereocenters. The van der Waals surface area contributed by atoms with E-state index in [2.05, 4.69) is 19.2 Å². The summed E-state index contributed by atoms with van der Waals surface area (Å²) in [5.74, 6) is -0.192. The van der Waals surface area contributed by atoms with Crippen molar-refractivity contribution in [3.8, 4) is 0 Å². The summed E-state index contributed by atoms with van der Waals surface area (Å²) in [7, 11) is 1.72. The highest BCUT2D eigenvalue weighted by Gasteiger charge is 2.12. The van der Waals surface area contributed by atoms with Crippen molar-refractivity contribution in [2.45, 2.75) is 38.8 Å². The molecule has 0 bridgehead atoms. The molecule has 2 nitrogen and oxygen atoms in total. The molecule has 1 N–H and O–H groups in total. The Hall–Kier alpha value is -0.930. The first-order valence-electron chi connectivity index (χ1n) is 6.17. The average molecular weight is 239 g/mol. The normalized spacial score (nSPS) is 14.6. The molecule has 0 amide bonds. The van der Waals surface area contributed by atoms with E-state index < -0.39 is 0 Å². The van der Waals surface area contributed by atoms with Crippen molar-refractivity contribution in [1.82, 2.24) is 5.32 Å². The molecular formula is C14H22FNO. The first-order valence-corrected chi connectivity index (χ1v) is 6.17. The molecule has 0 aliphatic rings. The fourth-order valence-corrected chi connectivity index (χ4v) is 1.97. The molecule has 0 aromatic heterocycles. The highest BCUT2D eigenvalue weighted by molar-refractivity contribution is 5.19. The van der Waals surface area contributed by atoms with Crippen molar-refractivity contribution in [3.63, 3.8) is 0 Å². The van der Waals surface area contributed by atoms with E-state index >= 15 is 0 Å². The number of ether oxygens (including phenoxy) is 1.